The van der Waals surface area contributed by atoms with Gasteiger partial charge in [0.2, 0.25) is 0 Å². The number of carbonyl (C=O) groups is 1. The standard InChI is InChI=1S/C27H26F3N3O3/c1-27(35)23(31)12-22(36-26(27)14-5-6-14)16-9-10-32-13-15(16)11-21(34)20-8-7-19(30)25(33-20)24-17(28)3-2-4-18(24)29/h2-4,7-10,13-14,22-23,26,35H,5-6,11-12,31H2,1H3/t22-,23-,26-,27+/m0/s1. The molecule has 1 saturated carbocycles. The lowest BCUT2D eigenvalue weighted by Gasteiger charge is -2.45. The average molecular weight is 498 g/mol. The van der Waals surface area contributed by atoms with Crippen LogP contribution in [0.3, 0.4) is 0 Å². The zero-order chi connectivity index (χ0) is 25.6. The Labute approximate surface area is 206 Å². The van der Waals surface area contributed by atoms with Crippen LogP contribution in [0.4, 0.5) is 13.2 Å². The van der Waals surface area contributed by atoms with Crippen molar-refractivity contribution < 1.29 is 27.8 Å². The normalized spacial score (nSPS) is 26.1. The van der Waals surface area contributed by atoms with Gasteiger partial charge in [-0.25, -0.2) is 18.2 Å². The summed E-state index contributed by atoms with van der Waals surface area (Å²) >= 11 is 0. The minimum atomic E-state index is -1.16. The van der Waals surface area contributed by atoms with Gasteiger partial charge in [0.25, 0.3) is 0 Å². The number of carbonyl (C=O) groups excluding carboxylic acids is 1. The third kappa shape index (κ3) is 4.54. The van der Waals surface area contributed by atoms with E-state index >= 15 is 0 Å². The van der Waals surface area contributed by atoms with Crippen molar-refractivity contribution in [3.8, 4) is 11.3 Å². The van der Waals surface area contributed by atoms with Crippen LogP contribution < -0.4 is 5.73 Å². The summed E-state index contributed by atoms with van der Waals surface area (Å²) in [4.78, 5) is 21.3. The van der Waals surface area contributed by atoms with Crippen LogP contribution in [0.15, 0.2) is 48.8 Å². The summed E-state index contributed by atoms with van der Waals surface area (Å²) in [5.74, 6) is -3.14. The number of nitrogens with two attached hydrogens (primary N) is 1. The van der Waals surface area contributed by atoms with Crippen molar-refractivity contribution in [3.05, 3.63) is 83.1 Å². The predicted octanol–water partition coefficient (Wildman–Crippen LogP) is 4.30. The van der Waals surface area contributed by atoms with Gasteiger partial charge >= 0.3 is 0 Å². The minimum absolute atomic E-state index is 0.135. The van der Waals surface area contributed by atoms with E-state index in [1.54, 1.807) is 25.4 Å². The molecule has 2 fully saturated rings. The SMILES string of the molecule is C[C@@]1(O)[C@@H](N)C[C@@H](c2ccncc2CC(=O)c2ccc(F)c(-c3c(F)cccc3F)n2)O[C@H]1C1CC1. The number of hydrogen-bond acceptors (Lipinski definition) is 6. The molecule has 3 N–H and O–H groups in total. The summed E-state index contributed by atoms with van der Waals surface area (Å²) in [5, 5.41) is 10.9. The first-order valence-corrected chi connectivity index (χ1v) is 11.9. The number of halogens is 3. The number of rotatable bonds is 6. The molecule has 0 bridgehead atoms. The Morgan fingerprint density at radius 3 is 2.56 bits per heavy atom. The minimum Gasteiger partial charge on any atom is -0.386 e. The van der Waals surface area contributed by atoms with E-state index < -0.39 is 58.3 Å². The number of ketones is 1. The van der Waals surface area contributed by atoms with Crippen LogP contribution in [0.25, 0.3) is 11.3 Å². The highest BCUT2D eigenvalue weighted by atomic mass is 19.1. The first kappa shape index (κ1) is 24.5. The van der Waals surface area contributed by atoms with Crippen molar-refractivity contribution in [2.75, 3.05) is 0 Å². The molecule has 0 spiro atoms. The van der Waals surface area contributed by atoms with Gasteiger partial charge in [-0.3, -0.25) is 9.78 Å². The van der Waals surface area contributed by atoms with Gasteiger partial charge in [0.05, 0.1) is 17.8 Å². The molecule has 5 rings (SSSR count). The van der Waals surface area contributed by atoms with Gasteiger partial charge in [0, 0.05) is 24.9 Å². The monoisotopic (exact) mass is 497 g/mol. The van der Waals surface area contributed by atoms with E-state index in [0.717, 1.165) is 42.7 Å². The summed E-state index contributed by atoms with van der Waals surface area (Å²) in [7, 11) is 0. The van der Waals surface area contributed by atoms with Crippen LogP contribution >= 0.6 is 0 Å². The number of nitrogens with zero attached hydrogens (tertiary/aromatic N) is 2. The molecule has 1 aliphatic heterocycles. The Kier molecular flexibility index (Phi) is 6.40. The molecular formula is C27H26F3N3O3. The molecule has 1 aliphatic carbocycles. The highest BCUT2D eigenvalue weighted by molar-refractivity contribution is 5.96. The molecule has 0 unspecified atom stereocenters. The molecule has 3 heterocycles. The highest BCUT2D eigenvalue weighted by Crippen LogP contribution is 2.47. The van der Waals surface area contributed by atoms with E-state index in [9.17, 15) is 23.1 Å². The second-order valence-electron chi connectivity index (χ2n) is 9.75. The van der Waals surface area contributed by atoms with Crippen molar-refractivity contribution in [3.63, 3.8) is 0 Å². The van der Waals surface area contributed by atoms with Crippen LogP contribution in [-0.2, 0) is 11.2 Å². The lowest BCUT2D eigenvalue weighted by molar-refractivity contribution is -0.187. The fraction of sp³-hybridized carbons (Fsp3) is 0.370. The summed E-state index contributed by atoms with van der Waals surface area (Å²) in [5.41, 5.74) is 5.13. The van der Waals surface area contributed by atoms with Crippen LogP contribution in [0.1, 0.15) is 53.9 Å². The molecule has 3 aromatic rings. The number of ether oxygens (including phenoxy) is 1. The quantitative estimate of drug-likeness (QED) is 0.493. The van der Waals surface area contributed by atoms with Gasteiger partial charge in [0.15, 0.2) is 5.78 Å². The largest absolute Gasteiger partial charge is 0.386 e. The van der Waals surface area contributed by atoms with Crippen molar-refractivity contribution in [2.24, 2.45) is 11.7 Å². The van der Waals surface area contributed by atoms with Crippen LogP contribution in [0, 0.1) is 23.4 Å². The third-order valence-corrected chi connectivity index (χ3v) is 7.13. The number of benzene rings is 1. The molecule has 9 heteroatoms. The molecule has 1 saturated heterocycles. The lowest BCUT2D eigenvalue weighted by atomic mass is 9.80. The van der Waals surface area contributed by atoms with Crippen LogP contribution in [0.2, 0.25) is 0 Å². The second kappa shape index (κ2) is 9.38. The predicted molar refractivity (Wildman–Crippen MR) is 125 cm³/mol. The Hall–Kier alpha value is -3.14. The van der Waals surface area contributed by atoms with E-state index in [-0.39, 0.29) is 18.0 Å². The zero-order valence-electron chi connectivity index (χ0n) is 19.6. The summed E-state index contributed by atoms with van der Waals surface area (Å²) in [6, 6.07) is 6.55. The van der Waals surface area contributed by atoms with Gasteiger partial charge in [-0.05, 0) is 73.6 Å². The number of hydrogen-bond donors (Lipinski definition) is 2. The first-order chi connectivity index (χ1) is 17.2. The average Bonchev–Trinajstić information content (AvgIpc) is 3.67. The van der Waals surface area contributed by atoms with Crippen molar-refractivity contribution in [1.82, 2.24) is 9.97 Å². The van der Waals surface area contributed by atoms with E-state index in [4.69, 9.17) is 10.5 Å². The van der Waals surface area contributed by atoms with Crippen LogP contribution in [-0.4, -0.2) is 38.6 Å². The Morgan fingerprint density at radius 1 is 1.14 bits per heavy atom. The lowest BCUT2D eigenvalue weighted by Crippen LogP contribution is -2.60. The molecule has 36 heavy (non-hydrogen) atoms. The Bertz CT molecular complexity index is 1290. The molecule has 4 atom stereocenters. The second-order valence-corrected chi connectivity index (χ2v) is 9.75. The Balaban J connectivity index is 1.43. The molecule has 0 amide bonds. The zero-order valence-corrected chi connectivity index (χ0v) is 19.6. The van der Waals surface area contributed by atoms with Gasteiger partial charge in [-0.2, -0.15) is 0 Å². The molecule has 1 aromatic carbocycles. The van der Waals surface area contributed by atoms with Gasteiger partial charge in [0.1, 0.15) is 34.4 Å². The topological polar surface area (TPSA) is 98.3 Å². The van der Waals surface area contributed by atoms with Gasteiger partial charge < -0.3 is 15.6 Å². The van der Waals surface area contributed by atoms with E-state index in [2.05, 4.69) is 9.97 Å². The van der Waals surface area contributed by atoms with Gasteiger partial charge in [-0.1, -0.05) is 6.07 Å². The van der Waals surface area contributed by atoms with Crippen molar-refractivity contribution in [2.45, 2.75) is 56.5 Å². The number of pyridine rings is 2. The highest BCUT2D eigenvalue weighted by Gasteiger charge is 2.52. The van der Waals surface area contributed by atoms with E-state index in [1.165, 1.54) is 6.07 Å². The molecule has 2 aromatic heterocycles. The van der Waals surface area contributed by atoms with Crippen molar-refractivity contribution in [1.29, 1.82) is 0 Å². The maximum absolute atomic E-state index is 14.5. The Morgan fingerprint density at radius 2 is 1.86 bits per heavy atom. The smallest absolute Gasteiger partial charge is 0.185 e. The van der Waals surface area contributed by atoms with Crippen LogP contribution in [0.5, 0.6) is 0 Å². The molecular weight excluding hydrogens is 471 g/mol. The molecule has 0 radical (unpaired) electrons. The van der Waals surface area contributed by atoms with E-state index in [0.29, 0.717) is 12.0 Å². The van der Waals surface area contributed by atoms with E-state index in [1.807, 2.05) is 0 Å². The first-order valence-electron chi connectivity index (χ1n) is 11.9. The third-order valence-electron chi connectivity index (χ3n) is 7.13. The van der Waals surface area contributed by atoms with Crippen molar-refractivity contribution >= 4 is 5.78 Å². The van der Waals surface area contributed by atoms with Gasteiger partial charge in [-0.15, -0.1) is 0 Å². The number of aromatic nitrogens is 2. The fourth-order valence-electron chi connectivity index (χ4n) is 4.90. The fourth-order valence-corrected chi connectivity index (χ4v) is 4.90. The number of aliphatic hydroxyl groups is 1. The summed E-state index contributed by atoms with van der Waals surface area (Å²) in [6.07, 6.45) is 4.41. The molecule has 2 aliphatic rings. The summed E-state index contributed by atoms with van der Waals surface area (Å²) in [6.45, 7) is 1.70. The maximum atomic E-state index is 14.5. The maximum Gasteiger partial charge on any atom is 0.185 e. The number of Topliss-reactive ketones (excluding diaryl/α,β-unsaturated/α-hetero) is 1. The molecule has 6 nitrogen and oxygen atoms in total. The molecule has 188 valence electrons. The summed E-state index contributed by atoms with van der Waals surface area (Å²) < 4.78 is 49.3.